The molecule has 0 aromatic rings. The van der Waals surface area contributed by atoms with Crippen molar-refractivity contribution in [3.8, 4) is 0 Å². The van der Waals surface area contributed by atoms with Crippen molar-refractivity contribution < 1.29 is 0 Å². The lowest BCUT2D eigenvalue weighted by molar-refractivity contribution is 0.312. The zero-order valence-corrected chi connectivity index (χ0v) is 7.34. The second kappa shape index (κ2) is 3.72. The Morgan fingerprint density at radius 2 is 2.45 bits per heavy atom. The summed E-state index contributed by atoms with van der Waals surface area (Å²) in [6, 6.07) is 0.619. The fraction of sp³-hybridized carbons (Fsp3) is 0.600. The topological polar surface area (TPSA) is 3.24 Å². The van der Waals surface area contributed by atoms with Crippen LogP contribution in [0.3, 0.4) is 0 Å². The lowest BCUT2D eigenvalue weighted by Crippen LogP contribution is -2.29. The van der Waals surface area contributed by atoms with Crippen LogP contribution in [-0.2, 0) is 0 Å². The molecule has 1 nitrogen and oxygen atoms in total. The molecular formula is C10H17N. The van der Waals surface area contributed by atoms with Crippen LogP contribution in [-0.4, -0.2) is 24.0 Å². The Labute approximate surface area is 69.4 Å². The molecule has 0 bridgehead atoms. The average molecular weight is 151 g/mol. The van der Waals surface area contributed by atoms with E-state index >= 15 is 0 Å². The predicted molar refractivity (Wildman–Crippen MR) is 49.6 cm³/mol. The van der Waals surface area contributed by atoms with E-state index in [9.17, 15) is 0 Å². The first-order valence-electron chi connectivity index (χ1n) is 4.26. The van der Waals surface area contributed by atoms with Crippen LogP contribution in [0.25, 0.3) is 0 Å². The average Bonchev–Trinajstić information content (AvgIpc) is 2.36. The van der Waals surface area contributed by atoms with Gasteiger partial charge in [0.1, 0.15) is 0 Å². The van der Waals surface area contributed by atoms with Gasteiger partial charge in [0.15, 0.2) is 0 Å². The first kappa shape index (κ1) is 8.54. The molecule has 1 unspecified atom stereocenters. The Bertz CT molecular complexity index is 160. The van der Waals surface area contributed by atoms with Gasteiger partial charge in [0.2, 0.25) is 0 Å². The van der Waals surface area contributed by atoms with E-state index in [1.54, 1.807) is 0 Å². The maximum absolute atomic E-state index is 3.99. The molecule has 62 valence electrons. The number of likely N-dealkylation sites (tertiary alicyclic amines) is 1. The van der Waals surface area contributed by atoms with E-state index in [4.69, 9.17) is 0 Å². The highest BCUT2D eigenvalue weighted by Gasteiger charge is 2.23. The van der Waals surface area contributed by atoms with Crippen LogP contribution in [0.5, 0.6) is 0 Å². The second-order valence-electron chi connectivity index (χ2n) is 3.29. The van der Waals surface area contributed by atoms with Crippen molar-refractivity contribution in [2.45, 2.75) is 25.8 Å². The van der Waals surface area contributed by atoms with Gasteiger partial charge in [-0.2, -0.15) is 0 Å². The molecule has 0 aliphatic carbocycles. The predicted octanol–water partition coefficient (Wildman–Crippen LogP) is 2.21. The van der Waals surface area contributed by atoms with E-state index in [2.05, 4.69) is 25.0 Å². The first-order chi connectivity index (χ1) is 5.25. The zero-order chi connectivity index (χ0) is 8.27. The van der Waals surface area contributed by atoms with Crippen molar-refractivity contribution in [2.24, 2.45) is 0 Å². The lowest BCUT2D eigenvalue weighted by Gasteiger charge is -2.22. The molecule has 0 aromatic carbocycles. The summed E-state index contributed by atoms with van der Waals surface area (Å²) in [6.45, 7) is 12.1. The maximum Gasteiger partial charge on any atom is 0.0306 e. The fourth-order valence-electron chi connectivity index (χ4n) is 1.77. The summed E-state index contributed by atoms with van der Waals surface area (Å²) in [5, 5.41) is 0. The van der Waals surface area contributed by atoms with Crippen LogP contribution in [0.4, 0.5) is 0 Å². The molecule has 0 saturated carbocycles. The Morgan fingerprint density at radius 3 is 3.00 bits per heavy atom. The Balaban J connectivity index is 2.50. The van der Waals surface area contributed by atoms with E-state index in [1.807, 2.05) is 6.08 Å². The minimum Gasteiger partial charge on any atom is -0.293 e. The van der Waals surface area contributed by atoms with Crippen molar-refractivity contribution in [1.29, 1.82) is 0 Å². The fourth-order valence-corrected chi connectivity index (χ4v) is 1.77. The quantitative estimate of drug-likeness (QED) is 0.559. The van der Waals surface area contributed by atoms with E-state index in [-0.39, 0.29) is 0 Å². The second-order valence-corrected chi connectivity index (χ2v) is 3.29. The van der Waals surface area contributed by atoms with Crippen molar-refractivity contribution in [2.75, 3.05) is 13.1 Å². The van der Waals surface area contributed by atoms with Crippen LogP contribution in [0, 0.1) is 0 Å². The standard InChI is InChI=1S/C10H17N/c1-4-7-11-8-5-6-10(11)9(2)3/h4,10H,1-2,5-8H2,3H3. The summed E-state index contributed by atoms with van der Waals surface area (Å²) in [6.07, 6.45) is 4.57. The van der Waals surface area contributed by atoms with E-state index in [0.29, 0.717) is 6.04 Å². The SMILES string of the molecule is C=CCN1CCCC1C(=C)C. The van der Waals surface area contributed by atoms with Crippen LogP contribution in [0.15, 0.2) is 24.8 Å². The summed E-state index contributed by atoms with van der Waals surface area (Å²) >= 11 is 0. The smallest absolute Gasteiger partial charge is 0.0306 e. The molecule has 1 atom stereocenters. The van der Waals surface area contributed by atoms with Crippen LogP contribution >= 0.6 is 0 Å². The molecule has 1 aliphatic rings. The summed E-state index contributed by atoms with van der Waals surface area (Å²) in [7, 11) is 0. The van der Waals surface area contributed by atoms with Crippen LogP contribution in [0.1, 0.15) is 19.8 Å². The lowest BCUT2D eigenvalue weighted by atomic mass is 10.1. The Kier molecular flexibility index (Phi) is 2.89. The third-order valence-corrected chi connectivity index (χ3v) is 2.30. The third kappa shape index (κ3) is 1.93. The largest absolute Gasteiger partial charge is 0.293 e. The molecule has 0 N–H and O–H groups in total. The molecule has 1 aliphatic heterocycles. The molecule has 1 heterocycles. The Morgan fingerprint density at radius 1 is 1.73 bits per heavy atom. The normalized spacial score (nSPS) is 25.4. The molecule has 1 rings (SSSR count). The molecule has 11 heavy (non-hydrogen) atoms. The van der Waals surface area contributed by atoms with Gasteiger partial charge < -0.3 is 0 Å². The van der Waals surface area contributed by atoms with Crippen LogP contribution < -0.4 is 0 Å². The molecule has 0 aromatic heterocycles. The third-order valence-electron chi connectivity index (χ3n) is 2.30. The summed E-state index contributed by atoms with van der Waals surface area (Å²) in [5.74, 6) is 0. The number of hydrogen-bond donors (Lipinski definition) is 0. The molecule has 1 heteroatoms. The first-order valence-corrected chi connectivity index (χ1v) is 4.26. The molecule has 0 amide bonds. The number of hydrogen-bond acceptors (Lipinski definition) is 1. The molecule has 1 fully saturated rings. The highest BCUT2D eigenvalue weighted by Crippen LogP contribution is 2.21. The van der Waals surface area contributed by atoms with Gasteiger partial charge >= 0.3 is 0 Å². The summed E-state index contributed by atoms with van der Waals surface area (Å²) in [5.41, 5.74) is 1.30. The molecule has 1 saturated heterocycles. The van der Waals surface area contributed by atoms with E-state index in [1.165, 1.54) is 25.0 Å². The highest BCUT2D eigenvalue weighted by atomic mass is 15.2. The van der Waals surface area contributed by atoms with E-state index < -0.39 is 0 Å². The number of rotatable bonds is 3. The van der Waals surface area contributed by atoms with Crippen molar-refractivity contribution in [3.63, 3.8) is 0 Å². The van der Waals surface area contributed by atoms with Gasteiger partial charge in [-0.15, -0.1) is 6.58 Å². The monoisotopic (exact) mass is 151 g/mol. The zero-order valence-electron chi connectivity index (χ0n) is 7.34. The van der Waals surface area contributed by atoms with Crippen molar-refractivity contribution in [3.05, 3.63) is 24.8 Å². The summed E-state index contributed by atoms with van der Waals surface area (Å²) < 4.78 is 0. The van der Waals surface area contributed by atoms with Gasteiger partial charge in [0.25, 0.3) is 0 Å². The van der Waals surface area contributed by atoms with Gasteiger partial charge in [0.05, 0.1) is 0 Å². The van der Waals surface area contributed by atoms with Crippen molar-refractivity contribution >= 4 is 0 Å². The van der Waals surface area contributed by atoms with Crippen LogP contribution in [0.2, 0.25) is 0 Å². The maximum atomic E-state index is 3.99. The van der Waals surface area contributed by atoms with Gasteiger partial charge in [-0.3, -0.25) is 4.90 Å². The van der Waals surface area contributed by atoms with Gasteiger partial charge in [-0.1, -0.05) is 18.2 Å². The minimum absolute atomic E-state index is 0.619. The van der Waals surface area contributed by atoms with Gasteiger partial charge in [0, 0.05) is 12.6 Å². The van der Waals surface area contributed by atoms with E-state index in [0.717, 1.165) is 6.54 Å². The number of nitrogens with zero attached hydrogens (tertiary/aromatic N) is 1. The molecule has 0 spiro atoms. The Hall–Kier alpha value is -0.560. The summed E-state index contributed by atoms with van der Waals surface area (Å²) in [4.78, 5) is 2.44. The van der Waals surface area contributed by atoms with Gasteiger partial charge in [-0.05, 0) is 26.3 Å². The highest BCUT2D eigenvalue weighted by molar-refractivity contribution is 5.05. The molecular weight excluding hydrogens is 134 g/mol. The minimum atomic E-state index is 0.619. The van der Waals surface area contributed by atoms with Crippen molar-refractivity contribution in [1.82, 2.24) is 4.90 Å². The molecule has 0 radical (unpaired) electrons. The van der Waals surface area contributed by atoms with Gasteiger partial charge in [-0.25, -0.2) is 0 Å².